The number of ether oxygens (including phenoxy) is 1. The van der Waals surface area contributed by atoms with Crippen molar-refractivity contribution in [3.63, 3.8) is 0 Å². The standard InChI is InChI=1S/C23H32FN3O/c1-6-15(7-2)25-23-20(9-4)26-22(19(8-3)27-23)17-12-14-10-11-18(24)16(14)13-21(17)28-5/h12-13,15,18H,6-11H2,1-5H3,(H,25,27). The number of alkyl halides is 1. The maximum absolute atomic E-state index is 14.2. The predicted molar refractivity (Wildman–Crippen MR) is 113 cm³/mol. The number of aromatic nitrogens is 2. The maximum Gasteiger partial charge on any atom is 0.148 e. The van der Waals surface area contributed by atoms with Crippen LogP contribution in [0.2, 0.25) is 0 Å². The molecule has 1 atom stereocenters. The summed E-state index contributed by atoms with van der Waals surface area (Å²) in [5, 5.41) is 3.57. The van der Waals surface area contributed by atoms with E-state index in [2.05, 4.69) is 39.1 Å². The van der Waals surface area contributed by atoms with Crippen molar-refractivity contribution < 1.29 is 9.13 Å². The van der Waals surface area contributed by atoms with E-state index < -0.39 is 6.17 Å². The Kier molecular flexibility index (Phi) is 6.53. The summed E-state index contributed by atoms with van der Waals surface area (Å²) in [5.74, 6) is 1.57. The number of methoxy groups -OCH3 is 1. The number of hydrogen-bond donors (Lipinski definition) is 1. The molecular formula is C23H32FN3O. The van der Waals surface area contributed by atoms with Crippen LogP contribution in [0, 0.1) is 0 Å². The first kappa shape index (κ1) is 20.6. The fourth-order valence-electron chi connectivity index (χ4n) is 3.96. The molecule has 28 heavy (non-hydrogen) atoms. The second-order valence-corrected chi connectivity index (χ2v) is 7.44. The van der Waals surface area contributed by atoms with Crippen LogP contribution >= 0.6 is 0 Å². The van der Waals surface area contributed by atoms with Crippen molar-refractivity contribution in [3.05, 3.63) is 34.6 Å². The van der Waals surface area contributed by atoms with Crippen LogP contribution in [0.4, 0.5) is 10.2 Å². The third-order valence-corrected chi connectivity index (χ3v) is 5.76. The molecule has 3 rings (SSSR count). The molecule has 0 bridgehead atoms. The second kappa shape index (κ2) is 8.89. The molecule has 2 aromatic rings. The summed E-state index contributed by atoms with van der Waals surface area (Å²) >= 11 is 0. The minimum Gasteiger partial charge on any atom is -0.496 e. The smallest absolute Gasteiger partial charge is 0.148 e. The van der Waals surface area contributed by atoms with Gasteiger partial charge < -0.3 is 10.1 Å². The zero-order valence-electron chi connectivity index (χ0n) is 17.7. The van der Waals surface area contributed by atoms with Gasteiger partial charge in [-0.05, 0) is 61.8 Å². The zero-order valence-corrected chi connectivity index (χ0v) is 17.7. The Morgan fingerprint density at radius 3 is 2.43 bits per heavy atom. The zero-order chi connectivity index (χ0) is 20.3. The summed E-state index contributed by atoms with van der Waals surface area (Å²) in [4.78, 5) is 9.96. The molecule has 0 saturated heterocycles. The van der Waals surface area contributed by atoms with E-state index in [1.54, 1.807) is 7.11 Å². The molecule has 0 spiro atoms. The molecule has 1 aromatic carbocycles. The number of halogens is 1. The van der Waals surface area contributed by atoms with Gasteiger partial charge in [-0.25, -0.2) is 14.4 Å². The normalized spacial score (nSPS) is 15.8. The van der Waals surface area contributed by atoms with Crippen molar-refractivity contribution in [2.45, 2.75) is 78.4 Å². The van der Waals surface area contributed by atoms with Gasteiger partial charge in [0.15, 0.2) is 0 Å². The lowest BCUT2D eigenvalue weighted by molar-refractivity contribution is 0.342. The molecule has 4 nitrogen and oxygen atoms in total. The summed E-state index contributed by atoms with van der Waals surface area (Å²) in [7, 11) is 1.64. The predicted octanol–water partition coefficient (Wildman–Crippen LogP) is 5.83. The Morgan fingerprint density at radius 1 is 1.11 bits per heavy atom. The van der Waals surface area contributed by atoms with Gasteiger partial charge in [0.05, 0.1) is 24.2 Å². The van der Waals surface area contributed by atoms with E-state index >= 15 is 0 Å². The molecule has 1 aromatic heterocycles. The summed E-state index contributed by atoms with van der Waals surface area (Å²) in [6.07, 6.45) is 4.08. The van der Waals surface area contributed by atoms with Crippen LogP contribution in [0.5, 0.6) is 5.75 Å². The number of aryl methyl sites for hydroxylation is 3. The van der Waals surface area contributed by atoms with E-state index in [1.165, 1.54) is 0 Å². The average Bonchev–Trinajstić information content (AvgIpc) is 3.10. The van der Waals surface area contributed by atoms with Gasteiger partial charge in [0.25, 0.3) is 0 Å². The molecule has 0 fully saturated rings. The van der Waals surface area contributed by atoms with E-state index in [1.807, 2.05) is 6.07 Å². The summed E-state index contributed by atoms with van der Waals surface area (Å²) in [5.41, 5.74) is 5.50. The highest BCUT2D eigenvalue weighted by Gasteiger charge is 2.26. The van der Waals surface area contributed by atoms with Gasteiger partial charge in [-0.15, -0.1) is 0 Å². The number of nitrogens with zero attached hydrogens (tertiary/aromatic N) is 2. The summed E-state index contributed by atoms with van der Waals surface area (Å²) in [6, 6.07) is 4.31. The number of benzene rings is 1. The number of anilines is 1. The monoisotopic (exact) mass is 385 g/mol. The van der Waals surface area contributed by atoms with Crippen LogP contribution in [0.25, 0.3) is 11.3 Å². The van der Waals surface area contributed by atoms with Crippen molar-refractivity contribution in [1.82, 2.24) is 9.97 Å². The lowest BCUT2D eigenvalue weighted by Gasteiger charge is -2.20. The molecule has 0 amide bonds. The Bertz CT molecular complexity index is 833. The van der Waals surface area contributed by atoms with Crippen LogP contribution in [0.15, 0.2) is 12.1 Å². The largest absolute Gasteiger partial charge is 0.496 e. The molecule has 1 N–H and O–H groups in total. The number of nitrogens with one attached hydrogen (secondary N) is 1. The third-order valence-electron chi connectivity index (χ3n) is 5.76. The van der Waals surface area contributed by atoms with Gasteiger partial charge in [-0.1, -0.05) is 27.7 Å². The Labute approximate surface area is 167 Å². The number of hydrogen-bond acceptors (Lipinski definition) is 4. The minimum atomic E-state index is -0.896. The molecule has 152 valence electrons. The average molecular weight is 386 g/mol. The van der Waals surface area contributed by atoms with E-state index in [0.717, 1.165) is 71.7 Å². The Morgan fingerprint density at radius 2 is 1.82 bits per heavy atom. The van der Waals surface area contributed by atoms with Crippen LogP contribution in [0.3, 0.4) is 0 Å². The van der Waals surface area contributed by atoms with Crippen LogP contribution in [-0.2, 0) is 19.3 Å². The van der Waals surface area contributed by atoms with Crippen LogP contribution in [0.1, 0.15) is 75.6 Å². The van der Waals surface area contributed by atoms with E-state index in [-0.39, 0.29) is 0 Å². The highest BCUT2D eigenvalue weighted by molar-refractivity contribution is 5.72. The Balaban J connectivity index is 2.12. The molecule has 1 aliphatic rings. The highest BCUT2D eigenvalue weighted by Crippen LogP contribution is 2.42. The number of rotatable bonds is 8. The SMILES string of the molecule is CCc1nc(-c2cc3c(cc2OC)C(F)CC3)c(CC)nc1NC(CC)CC. The van der Waals surface area contributed by atoms with Crippen molar-refractivity contribution in [2.75, 3.05) is 12.4 Å². The van der Waals surface area contributed by atoms with Crippen molar-refractivity contribution in [3.8, 4) is 17.0 Å². The lowest BCUT2D eigenvalue weighted by Crippen LogP contribution is -2.20. The topological polar surface area (TPSA) is 47.0 Å². The lowest BCUT2D eigenvalue weighted by atomic mass is 10.00. The first-order chi connectivity index (χ1) is 13.6. The highest BCUT2D eigenvalue weighted by atomic mass is 19.1. The van der Waals surface area contributed by atoms with E-state index in [4.69, 9.17) is 14.7 Å². The number of fused-ring (bicyclic) bond motifs is 1. The minimum absolute atomic E-state index is 0.395. The molecule has 1 aliphatic carbocycles. The molecule has 5 heteroatoms. The quantitative estimate of drug-likeness (QED) is 0.621. The molecule has 0 saturated carbocycles. The van der Waals surface area contributed by atoms with E-state index in [9.17, 15) is 4.39 Å². The fraction of sp³-hybridized carbons (Fsp3) is 0.565. The van der Waals surface area contributed by atoms with Crippen molar-refractivity contribution >= 4 is 5.82 Å². The van der Waals surface area contributed by atoms with Gasteiger partial charge >= 0.3 is 0 Å². The molecule has 1 unspecified atom stereocenters. The molecular weight excluding hydrogens is 353 g/mol. The van der Waals surface area contributed by atoms with Gasteiger partial charge in [0, 0.05) is 11.6 Å². The molecule has 1 heterocycles. The van der Waals surface area contributed by atoms with Crippen LogP contribution in [-0.4, -0.2) is 23.1 Å². The Hall–Kier alpha value is -2.17. The van der Waals surface area contributed by atoms with Crippen LogP contribution < -0.4 is 10.1 Å². The van der Waals surface area contributed by atoms with Crippen molar-refractivity contribution in [1.29, 1.82) is 0 Å². The first-order valence-electron chi connectivity index (χ1n) is 10.6. The van der Waals surface area contributed by atoms with Gasteiger partial charge in [-0.3, -0.25) is 0 Å². The second-order valence-electron chi connectivity index (χ2n) is 7.44. The first-order valence-corrected chi connectivity index (χ1v) is 10.6. The summed E-state index contributed by atoms with van der Waals surface area (Å²) in [6.45, 7) is 8.56. The summed E-state index contributed by atoms with van der Waals surface area (Å²) < 4.78 is 19.8. The van der Waals surface area contributed by atoms with Gasteiger partial charge in [0.1, 0.15) is 17.7 Å². The van der Waals surface area contributed by atoms with Crippen molar-refractivity contribution in [2.24, 2.45) is 0 Å². The third kappa shape index (κ3) is 3.85. The fourth-order valence-corrected chi connectivity index (χ4v) is 3.96. The van der Waals surface area contributed by atoms with E-state index in [0.29, 0.717) is 18.2 Å². The molecule has 0 radical (unpaired) electrons. The molecule has 0 aliphatic heterocycles. The van der Waals surface area contributed by atoms with Gasteiger partial charge in [0.2, 0.25) is 0 Å². The maximum atomic E-state index is 14.2. The van der Waals surface area contributed by atoms with Gasteiger partial charge in [-0.2, -0.15) is 0 Å².